The Labute approximate surface area is 179 Å². The number of sulfonamides is 2. The lowest BCUT2D eigenvalue weighted by molar-refractivity contribution is 0.384. The molecule has 0 radical (unpaired) electrons. The number of nitrogens with zero attached hydrogens (tertiary/aromatic N) is 4. The van der Waals surface area contributed by atoms with Crippen LogP contribution < -0.4 is 4.90 Å². The summed E-state index contributed by atoms with van der Waals surface area (Å²) in [4.78, 5) is 6.48. The number of aromatic nitrogens is 1. The molecule has 2 aromatic heterocycles. The molecule has 0 unspecified atom stereocenters. The molecule has 0 amide bonds. The van der Waals surface area contributed by atoms with Crippen molar-refractivity contribution in [1.82, 2.24) is 13.6 Å². The van der Waals surface area contributed by atoms with Gasteiger partial charge in [0.2, 0.25) is 10.0 Å². The van der Waals surface area contributed by atoms with Gasteiger partial charge in [0.1, 0.15) is 14.9 Å². The number of piperazine rings is 1. The predicted octanol–water partition coefficient (Wildman–Crippen LogP) is 2.09. The Kier molecular flexibility index (Phi) is 5.88. The molecular formula is C17H21ClN4O4S3. The third-order valence-electron chi connectivity index (χ3n) is 5.13. The molecule has 0 atom stereocenters. The lowest BCUT2D eigenvalue weighted by atomic mass is 10.3. The summed E-state index contributed by atoms with van der Waals surface area (Å²) in [5.74, 6) is 0.640. The third kappa shape index (κ3) is 4.17. The van der Waals surface area contributed by atoms with Crippen LogP contribution in [0.1, 0.15) is 12.8 Å². The fourth-order valence-corrected chi connectivity index (χ4v) is 8.03. The molecule has 2 aromatic rings. The fraction of sp³-hybridized carbons (Fsp3) is 0.471. The summed E-state index contributed by atoms with van der Waals surface area (Å²) in [5, 5.41) is 0. The zero-order valence-electron chi connectivity index (χ0n) is 15.6. The number of pyridine rings is 1. The minimum atomic E-state index is -3.55. The van der Waals surface area contributed by atoms with Gasteiger partial charge in [0.25, 0.3) is 10.0 Å². The van der Waals surface area contributed by atoms with Gasteiger partial charge in [0, 0.05) is 45.5 Å². The number of thiophene rings is 1. The highest BCUT2D eigenvalue weighted by Gasteiger charge is 2.31. The van der Waals surface area contributed by atoms with Gasteiger partial charge < -0.3 is 4.90 Å². The molecule has 2 fully saturated rings. The first kappa shape index (κ1) is 21.0. The van der Waals surface area contributed by atoms with Crippen molar-refractivity contribution < 1.29 is 16.8 Å². The summed E-state index contributed by atoms with van der Waals surface area (Å²) in [6.07, 6.45) is 3.16. The first-order chi connectivity index (χ1) is 13.8. The van der Waals surface area contributed by atoms with Crippen molar-refractivity contribution in [1.29, 1.82) is 0 Å². The van der Waals surface area contributed by atoms with E-state index in [4.69, 9.17) is 11.6 Å². The van der Waals surface area contributed by atoms with E-state index in [1.165, 1.54) is 20.9 Å². The Morgan fingerprint density at radius 1 is 0.828 bits per heavy atom. The van der Waals surface area contributed by atoms with Gasteiger partial charge in [-0.05, 0) is 37.1 Å². The van der Waals surface area contributed by atoms with Crippen LogP contribution in [0.15, 0.2) is 39.6 Å². The topological polar surface area (TPSA) is 90.9 Å². The molecule has 4 heterocycles. The van der Waals surface area contributed by atoms with Gasteiger partial charge in [-0.2, -0.15) is 8.61 Å². The van der Waals surface area contributed by atoms with Crippen LogP contribution in [0.2, 0.25) is 4.34 Å². The zero-order chi connectivity index (χ0) is 20.6. The van der Waals surface area contributed by atoms with Gasteiger partial charge in [-0.3, -0.25) is 0 Å². The lowest BCUT2D eigenvalue weighted by Gasteiger charge is -2.34. The molecule has 0 saturated carbocycles. The molecule has 29 heavy (non-hydrogen) atoms. The average molecular weight is 477 g/mol. The van der Waals surface area contributed by atoms with E-state index in [0.29, 0.717) is 49.4 Å². The van der Waals surface area contributed by atoms with E-state index in [1.54, 1.807) is 18.2 Å². The Morgan fingerprint density at radius 2 is 1.48 bits per heavy atom. The second-order valence-electron chi connectivity index (χ2n) is 6.91. The summed E-state index contributed by atoms with van der Waals surface area (Å²) < 4.78 is 54.2. The highest BCUT2D eigenvalue weighted by molar-refractivity contribution is 7.91. The molecule has 158 valence electrons. The van der Waals surface area contributed by atoms with E-state index in [0.717, 1.165) is 24.2 Å². The van der Waals surface area contributed by atoms with Crippen LogP contribution in [-0.4, -0.2) is 69.7 Å². The smallest absolute Gasteiger partial charge is 0.252 e. The van der Waals surface area contributed by atoms with Crippen molar-refractivity contribution in [3.8, 4) is 0 Å². The number of hydrogen-bond acceptors (Lipinski definition) is 7. The molecule has 0 spiro atoms. The van der Waals surface area contributed by atoms with Crippen LogP contribution in [0, 0.1) is 0 Å². The molecule has 4 rings (SSSR count). The maximum absolute atomic E-state index is 12.7. The van der Waals surface area contributed by atoms with Gasteiger partial charge in [-0.25, -0.2) is 21.8 Å². The Balaban J connectivity index is 1.42. The summed E-state index contributed by atoms with van der Waals surface area (Å²) in [6.45, 7) is 2.71. The molecule has 12 heteroatoms. The molecular weight excluding hydrogens is 456 g/mol. The van der Waals surface area contributed by atoms with E-state index < -0.39 is 20.0 Å². The van der Waals surface area contributed by atoms with Gasteiger partial charge in [0.15, 0.2) is 0 Å². The van der Waals surface area contributed by atoms with E-state index in [2.05, 4.69) is 4.98 Å². The average Bonchev–Trinajstić information content (AvgIpc) is 3.41. The first-order valence-corrected chi connectivity index (χ1v) is 13.3. The van der Waals surface area contributed by atoms with Crippen LogP contribution in [-0.2, 0) is 20.0 Å². The zero-order valence-corrected chi connectivity index (χ0v) is 18.8. The summed E-state index contributed by atoms with van der Waals surface area (Å²) >= 11 is 6.92. The van der Waals surface area contributed by atoms with Gasteiger partial charge in [0.05, 0.1) is 4.34 Å². The second kappa shape index (κ2) is 8.12. The van der Waals surface area contributed by atoms with Crippen molar-refractivity contribution in [2.75, 3.05) is 44.2 Å². The number of hydrogen-bond donors (Lipinski definition) is 0. The van der Waals surface area contributed by atoms with Crippen molar-refractivity contribution in [2.45, 2.75) is 21.9 Å². The molecule has 0 N–H and O–H groups in total. The van der Waals surface area contributed by atoms with Crippen LogP contribution in [0.5, 0.6) is 0 Å². The van der Waals surface area contributed by atoms with Crippen LogP contribution in [0.3, 0.4) is 0 Å². The highest BCUT2D eigenvalue weighted by atomic mass is 35.5. The Hall–Kier alpha value is -1.24. The quantitative estimate of drug-likeness (QED) is 0.656. The van der Waals surface area contributed by atoms with Crippen LogP contribution in [0.4, 0.5) is 5.82 Å². The normalized spacial score (nSPS) is 19.7. The maximum Gasteiger partial charge on any atom is 0.252 e. The molecule has 0 aliphatic carbocycles. The SMILES string of the molecule is O=S(=O)(c1ccc(N2CCN(S(=O)(=O)c3ccc(Cl)s3)CC2)nc1)N1CCCC1. The van der Waals surface area contributed by atoms with Crippen LogP contribution in [0.25, 0.3) is 0 Å². The summed E-state index contributed by atoms with van der Waals surface area (Å²) in [6, 6.07) is 6.37. The molecule has 2 aliphatic rings. The lowest BCUT2D eigenvalue weighted by Crippen LogP contribution is -2.48. The Morgan fingerprint density at radius 3 is 2.03 bits per heavy atom. The summed E-state index contributed by atoms with van der Waals surface area (Å²) in [7, 11) is -7.03. The standard InChI is InChI=1S/C17H21ClN4O4S3/c18-15-4-6-17(27-15)29(25,26)22-11-9-20(10-12-22)16-5-3-14(13-19-16)28(23,24)21-7-1-2-8-21/h3-6,13H,1-2,7-12H2. The Bertz CT molecular complexity index is 1070. The number of halogens is 1. The van der Waals surface area contributed by atoms with E-state index in [9.17, 15) is 16.8 Å². The number of anilines is 1. The van der Waals surface area contributed by atoms with Gasteiger partial charge in [-0.15, -0.1) is 11.3 Å². The third-order valence-corrected chi connectivity index (χ3v) is 10.6. The fourth-order valence-electron chi connectivity index (χ4n) is 3.51. The van der Waals surface area contributed by atoms with Crippen LogP contribution >= 0.6 is 22.9 Å². The predicted molar refractivity (Wildman–Crippen MR) is 113 cm³/mol. The summed E-state index contributed by atoms with van der Waals surface area (Å²) in [5.41, 5.74) is 0. The molecule has 8 nitrogen and oxygen atoms in total. The van der Waals surface area contributed by atoms with Gasteiger partial charge in [-0.1, -0.05) is 11.6 Å². The molecule has 0 aromatic carbocycles. The second-order valence-corrected chi connectivity index (χ2v) is 12.7. The minimum absolute atomic E-state index is 0.193. The van der Waals surface area contributed by atoms with Crippen molar-refractivity contribution in [3.63, 3.8) is 0 Å². The minimum Gasteiger partial charge on any atom is -0.354 e. The largest absolute Gasteiger partial charge is 0.354 e. The van der Waals surface area contributed by atoms with Crippen molar-refractivity contribution in [3.05, 3.63) is 34.8 Å². The molecule has 2 aliphatic heterocycles. The number of rotatable bonds is 5. The van der Waals surface area contributed by atoms with Crippen molar-refractivity contribution >= 4 is 48.8 Å². The molecule has 0 bridgehead atoms. The first-order valence-electron chi connectivity index (χ1n) is 9.25. The highest BCUT2D eigenvalue weighted by Crippen LogP contribution is 2.29. The van der Waals surface area contributed by atoms with E-state index >= 15 is 0 Å². The maximum atomic E-state index is 12.7. The monoisotopic (exact) mass is 476 g/mol. The van der Waals surface area contributed by atoms with E-state index in [1.807, 2.05) is 4.90 Å². The van der Waals surface area contributed by atoms with Gasteiger partial charge >= 0.3 is 0 Å². The van der Waals surface area contributed by atoms with Crippen molar-refractivity contribution in [2.24, 2.45) is 0 Å². The molecule has 2 saturated heterocycles. The van der Waals surface area contributed by atoms with E-state index in [-0.39, 0.29) is 9.10 Å².